The molecule has 106 valence electrons. The zero-order chi connectivity index (χ0) is 14.3. The summed E-state index contributed by atoms with van der Waals surface area (Å²) in [6, 6.07) is 7.78. The Morgan fingerprint density at radius 1 is 1.42 bits per heavy atom. The molecular weight excluding hydrogens is 308 g/mol. The molecule has 0 amide bonds. The predicted octanol–water partition coefficient (Wildman–Crippen LogP) is 3.76. The van der Waals surface area contributed by atoms with E-state index in [0.29, 0.717) is 32.0 Å². The van der Waals surface area contributed by atoms with Crippen molar-refractivity contribution in [3.63, 3.8) is 0 Å². The van der Waals surface area contributed by atoms with E-state index >= 15 is 0 Å². The van der Waals surface area contributed by atoms with Crippen molar-refractivity contribution in [2.75, 3.05) is 13.2 Å². The average Bonchev–Trinajstić information content (AvgIpc) is 2.32. The lowest BCUT2D eigenvalue weighted by Gasteiger charge is -2.13. The van der Waals surface area contributed by atoms with Crippen LogP contribution >= 0.6 is 15.9 Å². The standard InChI is InChI=1S/C15H21BrO3/c1-11(2)10-19-7-6-13(15(17)18)8-12-4-3-5-14(16)9-12/h3-5,9,11,13H,6-8,10H2,1-2H3,(H,17,18). The molecule has 3 nitrogen and oxygen atoms in total. The van der Waals surface area contributed by atoms with Gasteiger partial charge in [-0.3, -0.25) is 4.79 Å². The summed E-state index contributed by atoms with van der Waals surface area (Å²) < 4.78 is 6.44. The van der Waals surface area contributed by atoms with Crippen molar-refractivity contribution in [1.29, 1.82) is 0 Å². The minimum Gasteiger partial charge on any atom is -0.481 e. The Morgan fingerprint density at radius 3 is 2.74 bits per heavy atom. The van der Waals surface area contributed by atoms with E-state index in [-0.39, 0.29) is 5.92 Å². The van der Waals surface area contributed by atoms with E-state index in [1.54, 1.807) is 0 Å². The second kappa shape index (κ2) is 8.33. The molecule has 0 aromatic heterocycles. The molecule has 1 aromatic carbocycles. The van der Waals surface area contributed by atoms with Crippen molar-refractivity contribution >= 4 is 21.9 Å². The van der Waals surface area contributed by atoms with Gasteiger partial charge in [0.15, 0.2) is 0 Å². The fourth-order valence-corrected chi connectivity index (χ4v) is 2.25. The number of benzene rings is 1. The minimum absolute atomic E-state index is 0.388. The highest BCUT2D eigenvalue weighted by Crippen LogP contribution is 2.17. The number of halogens is 1. The molecule has 0 saturated carbocycles. The molecule has 0 aliphatic rings. The van der Waals surface area contributed by atoms with Crippen LogP contribution in [0.25, 0.3) is 0 Å². The van der Waals surface area contributed by atoms with Crippen LogP contribution in [0.3, 0.4) is 0 Å². The fourth-order valence-electron chi connectivity index (χ4n) is 1.81. The molecule has 1 aromatic rings. The highest BCUT2D eigenvalue weighted by Gasteiger charge is 2.18. The Balaban J connectivity index is 2.47. The summed E-state index contributed by atoms with van der Waals surface area (Å²) in [6.45, 7) is 5.35. The van der Waals surface area contributed by atoms with Gasteiger partial charge in [0.2, 0.25) is 0 Å². The van der Waals surface area contributed by atoms with Crippen LogP contribution in [0.2, 0.25) is 0 Å². The van der Waals surface area contributed by atoms with Crippen LogP contribution in [0.5, 0.6) is 0 Å². The van der Waals surface area contributed by atoms with E-state index in [1.165, 1.54) is 0 Å². The van der Waals surface area contributed by atoms with E-state index in [9.17, 15) is 9.90 Å². The van der Waals surface area contributed by atoms with Gasteiger partial charge < -0.3 is 9.84 Å². The molecule has 0 radical (unpaired) electrons. The molecule has 1 unspecified atom stereocenters. The number of carboxylic acid groups (broad SMARTS) is 1. The third-order valence-electron chi connectivity index (χ3n) is 2.78. The van der Waals surface area contributed by atoms with Gasteiger partial charge in [0.25, 0.3) is 0 Å². The van der Waals surface area contributed by atoms with Gasteiger partial charge >= 0.3 is 5.97 Å². The number of hydrogen-bond acceptors (Lipinski definition) is 2. The van der Waals surface area contributed by atoms with Crippen LogP contribution in [-0.4, -0.2) is 24.3 Å². The zero-order valence-electron chi connectivity index (χ0n) is 11.4. The van der Waals surface area contributed by atoms with Gasteiger partial charge in [0, 0.05) is 17.7 Å². The van der Waals surface area contributed by atoms with Gasteiger partial charge in [0.05, 0.1) is 5.92 Å². The van der Waals surface area contributed by atoms with E-state index in [1.807, 2.05) is 24.3 Å². The molecular formula is C15H21BrO3. The van der Waals surface area contributed by atoms with Crippen LogP contribution in [0.4, 0.5) is 0 Å². The van der Waals surface area contributed by atoms with Crippen molar-refractivity contribution in [3.05, 3.63) is 34.3 Å². The molecule has 1 N–H and O–H groups in total. The maximum Gasteiger partial charge on any atom is 0.306 e. The Morgan fingerprint density at radius 2 is 2.16 bits per heavy atom. The second-order valence-corrected chi connectivity index (χ2v) is 6.04. The monoisotopic (exact) mass is 328 g/mol. The number of carbonyl (C=O) groups is 1. The highest BCUT2D eigenvalue weighted by molar-refractivity contribution is 9.10. The van der Waals surface area contributed by atoms with E-state index in [0.717, 1.165) is 10.0 Å². The van der Waals surface area contributed by atoms with Crippen LogP contribution < -0.4 is 0 Å². The fraction of sp³-hybridized carbons (Fsp3) is 0.533. The largest absolute Gasteiger partial charge is 0.481 e. The van der Waals surface area contributed by atoms with Crippen LogP contribution in [0.1, 0.15) is 25.8 Å². The third kappa shape index (κ3) is 6.73. The van der Waals surface area contributed by atoms with Gasteiger partial charge in [-0.25, -0.2) is 0 Å². The minimum atomic E-state index is -0.756. The summed E-state index contributed by atoms with van der Waals surface area (Å²) in [6.07, 6.45) is 1.09. The number of aliphatic carboxylic acids is 1. The number of carboxylic acids is 1. The smallest absolute Gasteiger partial charge is 0.306 e. The van der Waals surface area contributed by atoms with Crippen molar-refractivity contribution in [2.24, 2.45) is 11.8 Å². The molecule has 0 fully saturated rings. The summed E-state index contributed by atoms with van der Waals surface area (Å²) in [4.78, 5) is 11.2. The van der Waals surface area contributed by atoms with Gasteiger partial charge in [0.1, 0.15) is 0 Å². The highest BCUT2D eigenvalue weighted by atomic mass is 79.9. The molecule has 0 saturated heterocycles. The first-order valence-corrected chi connectivity index (χ1v) is 7.33. The van der Waals surface area contributed by atoms with E-state index in [2.05, 4.69) is 29.8 Å². The lowest BCUT2D eigenvalue weighted by atomic mass is 9.97. The normalized spacial score (nSPS) is 12.6. The average molecular weight is 329 g/mol. The van der Waals surface area contributed by atoms with E-state index < -0.39 is 5.97 Å². The maximum atomic E-state index is 11.2. The van der Waals surface area contributed by atoms with Crippen LogP contribution in [0.15, 0.2) is 28.7 Å². The molecule has 1 atom stereocenters. The first-order chi connectivity index (χ1) is 8.99. The van der Waals surface area contributed by atoms with Crippen LogP contribution in [0, 0.1) is 11.8 Å². The molecule has 0 aliphatic heterocycles. The van der Waals surface area contributed by atoms with E-state index in [4.69, 9.17) is 4.74 Å². The van der Waals surface area contributed by atoms with Gasteiger partial charge in [-0.1, -0.05) is 41.9 Å². The first kappa shape index (κ1) is 16.2. The molecule has 0 spiro atoms. The van der Waals surface area contributed by atoms with Crippen molar-refractivity contribution in [2.45, 2.75) is 26.7 Å². The Bertz CT molecular complexity index is 404. The zero-order valence-corrected chi connectivity index (χ0v) is 13.0. The van der Waals surface area contributed by atoms with Crippen molar-refractivity contribution in [3.8, 4) is 0 Å². The summed E-state index contributed by atoms with van der Waals surface area (Å²) in [5.74, 6) is -0.664. The summed E-state index contributed by atoms with van der Waals surface area (Å²) in [5, 5.41) is 9.25. The molecule has 0 bridgehead atoms. The predicted molar refractivity (Wildman–Crippen MR) is 79.2 cm³/mol. The summed E-state index contributed by atoms with van der Waals surface area (Å²) in [5.41, 5.74) is 1.03. The molecule has 4 heteroatoms. The SMILES string of the molecule is CC(C)COCCC(Cc1cccc(Br)c1)C(=O)O. The van der Waals surface area contributed by atoms with Gasteiger partial charge in [-0.15, -0.1) is 0 Å². The van der Waals surface area contributed by atoms with Crippen LogP contribution in [-0.2, 0) is 16.0 Å². The Labute approximate surface area is 123 Å². The lowest BCUT2D eigenvalue weighted by molar-refractivity contribution is -0.142. The Kier molecular flexibility index (Phi) is 7.10. The topological polar surface area (TPSA) is 46.5 Å². The number of hydrogen-bond donors (Lipinski definition) is 1. The number of rotatable bonds is 8. The summed E-state index contributed by atoms with van der Waals surface area (Å²) >= 11 is 3.40. The van der Waals surface area contributed by atoms with Gasteiger partial charge in [-0.2, -0.15) is 0 Å². The van der Waals surface area contributed by atoms with Crippen molar-refractivity contribution < 1.29 is 14.6 Å². The molecule has 1 rings (SSSR count). The first-order valence-electron chi connectivity index (χ1n) is 6.54. The quantitative estimate of drug-likeness (QED) is 0.739. The maximum absolute atomic E-state index is 11.2. The number of ether oxygens (including phenoxy) is 1. The summed E-state index contributed by atoms with van der Waals surface area (Å²) in [7, 11) is 0. The third-order valence-corrected chi connectivity index (χ3v) is 3.28. The van der Waals surface area contributed by atoms with Crippen molar-refractivity contribution in [1.82, 2.24) is 0 Å². The molecule has 0 aliphatic carbocycles. The second-order valence-electron chi connectivity index (χ2n) is 5.13. The Hall–Kier alpha value is -0.870. The molecule has 19 heavy (non-hydrogen) atoms. The van der Waals surface area contributed by atoms with Gasteiger partial charge in [-0.05, 0) is 36.5 Å². The molecule has 0 heterocycles. The lowest BCUT2D eigenvalue weighted by Crippen LogP contribution is -2.19.